The van der Waals surface area contributed by atoms with E-state index < -0.39 is 6.09 Å². The second kappa shape index (κ2) is 7.54. The van der Waals surface area contributed by atoms with E-state index in [1.54, 1.807) is 55.0 Å². The molecule has 5 rings (SSSR count). The Morgan fingerprint density at radius 2 is 1.91 bits per heavy atom. The number of halogens is 1. The minimum atomic E-state index is -1.09. The second-order valence-corrected chi connectivity index (χ2v) is 7.80. The molecule has 4 aromatic heterocycles. The van der Waals surface area contributed by atoms with Crippen molar-refractivity contribution in [1.82, 2.24) is 28.9 Å². The van der Waals surface area contributed by atoms with Crippen LogP contribution in [0.15, 0.2) is 61.4 Å². The van der Waals surface area contributed by atoms with Crippen molar-refractivity contribution in [1.29, 1.82) is 0 Å². The molecule has 5 aromatic rings. The van der Waals surface area contributed by atoms with Crippen LogP contribution in [0.3, 0.4) is 0 Å². The number of nitrogens with one attached hydrogen (secondary N) is 1. The molecule has 0 amide bonds. The van der Waals surface area contributed by atoms with Gasteiger partial charge in [-0.15, -0.1) is 0 Å². The zero-order chi connectivity index (χ0) is 22.4. The Labute approximate surface area is 187 Å². The van der Waals surface area contributed by atoms with Gasteiger partial charge in [-0.05, 0) is 18.2 Å². The van der Waals surface area contributed by atoms with Crippen molar-refractivity contribution < 1.29 is 9.90 Å². The molecule has 2 N–H and O–H groups in total. The molecule has 10 heteroatoms. The first-order valence-corrected chi connectivity index (χ1v) is 10.1. The van der Waals surface area contributed by atoms with Crippen LogP contribution < -0.4 is 5.32 Å². The zero-order valence-corrected chi connectivity index (χ0v) is 17.9. The number of hydrogen-bond acceptors (Lipinski definition) is 5. The van der Waals surface area contributed by atoms with E-state index in [2.05, 4.69) is 20.4 Å². The summed E-state index contributed by atoms with van der Waals surface area (Å²) in [5.41, 5.74) is 4.28. The number of carbonyl (C=O) groups is 1. The highest BCUT2D eigenvalue weighted by atomic mass is 35.5. The lowest BCUT2D eigenvalue weighted by Crippen LogP contribution is -2.09. The maximum atomic E-state index is 12.0. The molecule has 160 valence electrons. The summed E-state index contributed by atoms with van der Waals surface area (Å²) in [4.78, 5) is 20.6. The predicted octanol–water partition coefficient (Wildman–Crippen LogP) is 4.76. The van der Waals surface area contributed by atoms with Crippen molar-refractivity contribution in [2.75, 3.05) is 5.32 Å². The molecule has 0 radical (unpaired) electrons. The van der Waals surface area contributed by atoms with Gasteiger partial charge in [0.25, 0.3) is 0 Å². The summed E-state index contributed by atoms with van der Waals surface area (Å²) >= 11 is 6.51. The van der Waals surface area contributed by atoms with Crippen LogP contribution in [-0.4, -0.2) is 40.1 Å². The summed E-state index contributed by atoms with van der Waals surface area (Å²) in [5.74, 6) is 0.478. The first-order chi connectivity index (χ1) is 15.4. The van der Waals surface area contributed by atoms with Gasteiger partial charge in [0.05, 0.1) is 46.3 Å². The minimum Gasteiger partial charge on any atom is -0.464 e. The van der Waals surface area contributed by atoms with Gasteiger partial charge in [-0.2, -0.15) is 5.10 Å². The van der Waals surface area contributed by atoms with Crippen LogP contribution in [0, 0.1) is 0 Å². The smallest absolute Gasteiger partial charge is 0.416 e. The van der Waals surface area contributed by atoms with E-state index in [4.69, 9.17) is 11.6 Å². The minimum absolute atomic E-state index is 0.478. The number of fused-ring (bicyclic) bond motifs is 1. The fourth-order valence-corrected chi connectivity index (χ4v) is 3.92. The number of benzene rings is 1. The highest BCUT2D eigenvalue weighted by Crippen LogP contribution is 2.32. The topological polar surface area (TPSA) is 103 Å². The van der Waals surface area contributed by atoms with E-state index in [0.717, 1.165) is 11.3 Å². The monoisotopic (exact) mass is 447 g/mol. The van der Waals surface area contributed by atoms with Crippen molar-refractivity contribution in [3.8, 4) is 22.5 Å². The normalized spacial score (nSPS) is 11.2. The Kier molecular flexibility index (Phi) is 4.67. The zero-order valence-electron chi connectivity index (χ0n) is 17.2. The lowest BCUT2D eigenvalue weighted by Gasteiger charge is -2.10. The fraction of sp³-hybridized carbons (Fsp3) is 0.0909. The second-order valence-electron chi connectivity index (χ2n) is 7.39. The summed E-state index contributed by atoms with van der Waals surface area (Å²) in [6, 6.07) is 9.11. The van der Waals surface area contributed by atoms with Gasteiger partial charge in [0, 0.05) is 49.1 Å². The number of imidazole rings is 1. The summed E-state index contributed by atoms with van der Waals surface area (Å²) in [5, 5.41) is 18.4. The molecule has 0 atom stereocenters. The first kappa shape index (κ1) is 19.8. The molecule has 9 nitrogen and oxygen atoms in total. The van der Waals surface area contributed by atoms with E-state index >= 15 is 0 Å². The first-order valence-electron chi connectivity index (χ1n) is 9.68. The third-order valence-corrected chi connectivity index (χ3v) is 5.53. The Balaban J connectivity index is 1.52. The molecule has 0 aliphatic rings. The van der Waals surface area contributed by atoms with Crippen LogP contribution in [0.2, 0.25) is 5.02 Å². The van der Waals surface area contributed by atoms with Crippen LogP contribution in [0.25, 0.3) is 33.4 Å². The average molecular weight is 448 g/mol. The quantitative estimate of drug-likeness (QED) is 0.411. The fourth-order valence-electron chi connectivity index (χ4n) is 3.69. The lowest BCUT2D eigenvalue weighted by molar-refractivity contribution is 0.198. The van der Waals surface area contributed by atoms with Crippen molar-refractivity contribution in [2.24, 2.45) is 14.1 Å². The van der Waals surface area contributed by atoms with Gasteiger partial charge >= 0.3 is 6.09 Å². The molecule has 0 aliphatic carbocycles. The van der Waals surface area contributed by atoms with Crippen molar-refractivity contribution in [3.63, 3.8) is 0 Å². The standard InChI is InChI=1S/C22H18ClN7O2/c1-28-12-24-10-20(28)13-3-4-17(16(23)5-13)27-21-7-19-14(8-25-21)6-18(30(19)22(31)32)15-9-26-29(2)11-15/h3-12H,1-2H3,(H,25,27)(H,31,32). The Morgan fingerprint density at radius 1 is 1.06 bits per heavy atom. The van der Waals surface area contributed by atoms with Crippen LogP contribution in [0.4, 0.5) is 16.3 Å². The number of nitrogens with zero attached hydrogens (tertiary/aromatic N) is 6. The third kappa shape index (κ3) is 3.38. The maximum absolute atomic E-state index is 12.0. The van der Waals surface area contributed by atoms with Gasteiger partial charge in [-0.1, -0.05) is 17.7 Å². The van der Waals surface area contributed by atoms with E-state index in [1.807, 2.05) is 29.8 Å². The average Bonchev–Trinajstić information content (AvgIpc) is 3.47. The van der Waals surface area contributed by atoms with Gasteiger partial charge in [0.1, 0.15) is 5.82 Å². The highest BCUT2D eigenvalue weighted by Gasteiger charge is 2.18. The Morgan fingerprint density at radius 3 is 2.56 bits per heavy atom. The molecule has 4 heterocycles. The van der Waals surface area contributed by atoms with E-state index in [-0.39, 0.29) is 0 Å². The number of hydrogen-bond donors (Lipinski definition) is 2. The summed E-state index contributed by atoms with van der Waals surface area (Å²) in [7, 11) is 3.70. The Hall–Kier alpha value is -4.11. The van der Waals surface area contributed by atoms with Gasteiger partial charge in [-0.3, -0.25) is 4.68 Å². The third-order valence-electron chi connectivity index (χ3n) is 5.22. The molecule has 1 aromatic carbocycles. The maximum Gasteiger partial charge on any atom is 0.416 e. The summed E-state index contributed by atoms with van der Waals surface area (Å²) in [6.45, 7) is 0. The molecule has 32 heavy (non-hydrogen) atoms. The number of carboxylic acid groups (broad SMARTS) is 1. The van der Waals surface area contributed by atoms with Crippen molar-refractivity contribution in [3.05, 3.63) is 66.5 Å². The molecule has 0 unspecified atom stereocenters. The highest BCUT2D eigenvalue weighted by molar-refractivity contribution is 6.33. The number of anilines is 2. The molecule has 0 saturated heterocycles. The molecule has 0 aliphatic heterocycles. The van der Waals surface area contributed by atoms with E-state index in [1.165, 1.54) is 4.57 Å². The van der Waals surface area contributed by atoms with Crippen molar-refractivity contribution >= 4 is 40.1 Å². The molecule has 0 bridgehead atoms. The largest absolute Gasteiger partial charge is 0.464 e. The van der Waals surface area contributed by atoms with Crippen LogP contribution in [-0.2, 0) is 14.1 Å². The SMILES string of the molecule is Cn1cc(-c2cc3cnc(Nc4ccc(-c5cncn5C)cc4Cl)cc3n2C(=O)O)cn1. The molecular weight excluding hydrogens is 430 g/mol. The van der Waals surface area contributed by atoms with Gasteiger partial charge in [0.15, 0.2) is 0 Å². The van der Waals surface area contributed by atoms with Gasteiger partial charge in [-0.25, -0.2) is 19.3 Å². The molecule has 0 spiro atoms. The number of rotatable bonds is 4. The van der Waals surface area contributed by atoms with Crippen LogP contribution in [0.1, 0.15) is 0 Å². The molecular formula is C22H18ClN7O2. The van der Waals surface area contributed by atoms with E-state index in [0.29, 0.717) is 38.7 Å². The van der Waals surface area contributed by atoms with Gasteiger partial charge in [0.2, 0.25) is 0 Å². The summed E-state index contributed by atoms with van der Waals surface area (Å²) < 4.78 is 4.77. The Bertz CT molecular complexity index is 1480. The predicted molar refractivity (Wildman–Crippen MR) is 122 cm³/mol. The van der Waals surface area contributed by atoms with E-state index in [9.17, 15) is 9.90 Å². The van der Waals surface area contributed by atoms with Crippen LogP contribution in [0.5, 0.6) is 0 Å². The van der Waals surface area contributed by atoms with Crippen LogP contribution >= 0.6 is 11.6 Å². The number of aromatic nitrogens is 6. The molecule has 0 fully saturated rings. The van der Waals surface area contributed by atoms with Crippen molar-refractivity contribution in [2.45, 2.75) is 0 Å². The number of aryl methyl sites for hydroxylation is 2. The summed E-state index contributed by atoms with van der Waals surface area (Å²) in [6.07, 6.45) is 7.44. The van der Waals surface area contributed by atoms with Gasteiger partial charge < -0.3 is 15.0 Å². The lowest BCUT2D eigenvalue weighted by atomic mass is 10.1. The molecule has 0 saturated carbocycles. The number of pyridine rings is 1.